The molecular weight excluding hydrogens is 442 g/mol. The summed E-state index contributed by atoms with van der Waals surface area (Å²) < 4.78 is 30.1. The summed E-state index contributed by atoms with van der Waals surface area (Å²) in [4.78, 5) is 19.8. The molecule has 0 saturated carbocycles. The van der Waals surface area contributed by atoms with Crippen LogP contribution in [0.2, 0.25) is 0 Å². The average Bonchev–Trinajstić information content (AvgIpc) is 2.98. The van der Waals surface area contributed by atoms with Gasteiger partial charge < -0.3 is 4.74 Å². The van der Waals surface area contributed by atoms with Crippen molar-refractivity contribution in [3.05, 3.63) is 45.1 Å². The van der Waals surface area contributed by atoms with E-state index in [1.165, 1.54) is 23.9 Å². The molecule has 0 saturated heterocycles. The molecule has 0 radical (unpaired) electrons. The zero-order valence-corrected chi connectivity index (χ0v) is 19.6. The normalized spacial score (nSPS) is 11.9. The van der Waals surface area contributed by atoms with Gasteiger partial charge in [0.2, 0.25) is 10.0 Å². The fraction of sp³-hybridized carbons (Fsp3) is 0.400. The molecule has 2 N–H and O–H groups in total. The second kappa shape index (κ2) is 9.51. The van der Waals surface area contributed by atoms with Crippen molar-refractivity contribution in [3.8, 4) is 5.75 Å². The Labute approximate surface area is 184 Å². The molecule has 10 heteroatoms. The topological polar surface area (TPSA) is 104 Å². The number of aryl methyl sites for hydroxylation is 2. The van der Waals surface area contributed by atoms with Crippen LogP contribution in [0.1, 0.15) is 30.2 Å². The van der Waals surface area contributed by atoms with Gasteiger partial charge in [-0.2, -0.15) is 0 Å². The number of ether oxygens (including phenoxy) is 1. The van der Waals surface area contributed by atoms with Crippen LogP contribution < -0.4 is 15.4 Å². The molecule has 162 valence electrons. The van der Waals surface area contributed by atoms with Crippen LogP contribution in [0.3, 0.4) is 0 Å². The Morgan fingerprint density at radius 2 is 1.93 bits per heavy atom. The van der Waals surface area contributed by atoms with Crippen molar-refractivity contribution >= 4 is 43.3 Å². The third-order valence-corrected chi connectivity index (χ3v) is 7.70. The van der Waals surface area contributed by atoms with E-state index in [0.29, 0.717) is 29.8 Å². The van der Waals surface area contributed by atoms with Crippen LogP contribution >= 0.6 is 23.1 Å². The Balaban J connectivity index is 1.72. The van der Waals surface area contributed by atoms with Crippen LogP contribution in [-0.2, 0) is 16.6 Å². The van der Waals surface area contributed by atoms with E-state index in [2.05, 4.69) is 6.92 Å². The highest BCUT2D eigenvalue weighted by Gasteiger charge is 2.16. The molecule has 2 aromatic heterocycles. The quantitative estimate of drug-likeness (QED) is 0.292. The molecule has 2 heterocycles. The monoisotopic (exact) mass is 467 g/mol. The molecule has 0 atom stereocenters. The number of aromatic nitrogens is 2. The highest BCUT2D eigenvalue weighted by Crippen LogP contribution is 2.28. The first-order valence-corrected chi connectivity index (χ1v) is 13.0. The van der Waals surface area contributed by atoms with Crippen molar-refractivity contribution < 1.29 is 13.2 Å². The fourth-order valence-corrected chi connectivity index (χ4v) is 5.38. The number of thioether (sulfide) groups is 1. The first-order chi connectivity index (χ1) is 14.2. The molecule has 0 unspecified atom stereocenters. The van der Waals surface area contributed by atoms with E-state index in [0.717, 1.165) is 33.5 Å². The van der Waals surface area contributed by atoms with Crippen molar-refractivity contribution in [2.45, 2.75) is 50.2 Å². The summed E-state index contributed by atoms with van der Waals surface area (Å²) in [5, 5.41) is 6.53. The van der Waals surface area contributed by atoms with Crippen LogP contribution in [0.15, 0.2) is 39.1 Å². The first kappa shape index (κ1) is 22.8. The van der Waals surface area contributed by atoms with Gasteiger partial charge in [-0.25, -0.2) is 18.5 Å². The van der Waals surface area contributed by atoms with E-state index in [1.807, 2.05) is 13.8 Å². The van der Waals surface area contributed by atoms with Gasteiger partial charge in [-0.1, -0.05) is 25.1 Å². The van der Waals surface area contributed by atoms with E-state index in [9.17, 15) is 13.2 Å². The molecule has 30 heavy (non-hydrogen) atoms. The molecule has 7 nitrogen and oxygen atoms in total. The predicted molar refractivity (Wildman–Crippen MR) is 122 cm³/mol. The van der Waals surface area contributed by atoms with Gasteiger partial charge in [0.05, 0.1) is 16.9 Å². The lowest BCUT2D eigenvalue weighted by atomic mass is 10.2. The predicted octanol–water partition coefficient (Wildman–Crippen LogP) is 3.69. The van der Waals surface area contributed by atoms with E-state index >= 15 is 0 Å². The van der Waals surface area contributed by atoms with Gasteiger partial charge in [-0.15, -0.1) is 11.3 Å². The number of unbranched alkanes of at least 4 members (excludes halogenated alkanes) is 1. The summed E-state index contributed by atoms with van der Waals surface area (Å²) in [6.45, 7) is 7.12. The smallest absolute Gasteiger partial charge is 0.263 e. The van der Waals surface area contributed by atoms with Crippen LogP contribution in [0.4, 0.5) is 0 Å². The summed E-state index contributed by atoms with van der Waals surface area (Å²) in [6.07, 6.45) is 1.91. The second-order valence-electron chi connectivity index (χ2n) is 6.88. The summed E-state index contributed by atoms with van der Waals surface area (Å²) >= 11 is 3.04. The Bertz CT molecular complexity index is 1200. The minimum atomic E-state index is -3.72. The molecule has 0 spiro atoms. The minimum Gasteiger partial charge on any atom is -0.493 e. The molecule has 0 fully saturated rings. The number of hydrogen-bond acceptors (Lipinski definition) is 7. The lowest BCUT2D eigenvalue weighted by Gasteiger charge is -2.12. The average molecular weight is 468 g/mol. The number of hydrogen-bond donors (Lipinski definition) is 1. The van der Waals surface area contributed by atoms with Crippen molar-refractivity contribution in [1.82, 2.24) is 9.55 Å². The van der Waals surface area contributed by atoms with Crippen molar-refractivity contribution in [2.24, 2.45) is 5.14 Å². The lowest BCUT2D eigenvalue weighted by Crippen LogP contribution is -2.23. The standard InChI is InChI=1S/C20H25N3O4S3/c1-4-5-10-23-19(24)17-13(2)14(3)29-18(17)22-20(23)28-12-11-27-15-6-8-16(9-7-15)30(21,25)26/h6-9H,4-5,10-12H2,1-3H3,(H2,21,25,26). The van der Waals surface area contributed by atoms with Gasteiger partial charge >= 0.3 is 0 Å². The summed E-state index contributed by atoms with van der Waals surface area (Å²) in [6, 6.07) is 5.97. The Hall–Kier alpha value is -1.88. The maximum Gasteiger partial charge on any atom is 0.263 e. The zero-order valence-electron chi connectivity index (χ0n) is 17.2. The molecular formula is C20H25N3O4S3. The number of fused-ring (bicyclic) bond motifs is 1. The SMILES string of the molecule is CCCCn1c(SCCOc2ccc(S(N)(=O)=O)cc2)nc2sc(C)c(C)c2c1=O. The molecule has 3 rings (SSSR count). The van der Waals surface area contributed by atoms with Crippen LogP contribution in [0.25, 0.3) is 10.2 Å². The van der Waals surface area contributed by atoms with Gasteiger partial charge in [0, 0.05) is 17.2 Å². The summed E-state index contributed by atoms with van der Waals surface area (Å²) in [7, 11) is -3.72. The van der Waals surface area contributed by atoms with Gasteiger partial charge in [0.25, 0.3) is 5.56 Å². The first-order valence-electron chi connectivity index (χ1n) is 9.61. The molecule has 0 aliphatic rings. The number of nitrogens with two attached hydrogens (primary N) is 1. The Kier molecular flexibility index (Phi) is 7.22. The van der Waals surface area contributed by atoms with Crippen molar-refractivity contribution in [1.29, 1.82) is 0 Å². The third-order valence-electron chi connectivity index (χ3n) is 4.72. The summed E-state index contributed by atoms with van der Waals surface area (Å²) in [5.41, 5.74) is 1.04. The maximum absolute atomic E-state index is 13.1. The zero-order chi connectivity index (χ0) is 21.9. The van der Waals surface area contributed by atoms with Gasteiger partial charge in [-0.3, -0.25) is 9.36 Å². The largest absolute Gasteiger partial charge is 0.493 e. The Morgan fingerprint density at radius 3 is 2.57 bits per heavy atom. The van der Waals surface area contributed by atoms with Crippen LogP contribution in [0.5, 0.6) is 5.75 Å². The molecule has 3 aromatic rings. The number of sulfonamides is 1. The van der Waals surface area contributed by atoms with Crippen LogP contribution in [-0.4, -0.2) is 30.3 Å². The van der Waals surface area contributed by atoms with Crippen molar-refractivity contribution in [3.63, 3.8) is 0 Å². The van der Waals surface area contributed by atoms with Gasteiger partial charge in [-0.05, 0) is 50.1 Å². The van der Waals surface area contributed by atoms with Gasteiger partial charge in [0.1, 0.15) is 10.6 Å². The van der Waals surface area contributed by atoms with E-state index in [-0.39, 0.29) is 10.5 Å². The number of primary sulfonamides is 1. The summed E-state index contributed by atoms with van der Waals surface area (Å²) in [5.74, 6) is 1.16. The third kappa shape index (κ3) is 5.05. The fourth-order valence-electron chi connectivity index (χ4n) is 2.95. The van der Waals surface area contributed by atoms with Gasteiger partial charge in [0.15, 0.2) is 5.16 Å². The second-order valence-corrected chi connectivity index (χ2v) is 10.7. The van der Waals surface area contributed by atoms with Crippen molar-refractivity contribution in [2.75, 3.05) is 12.4 Å². The van der Waals surface area contributed by atoms with Crippen LogP contribution in [0, 0.1) is 13.8 Å². The molecule has 0 bridgehead atoms. The minimum absolute atomic E-state index is 0.0253. The Morgan fingerprint density at radius 1 is 1.23 bits per heavy atom. The lowest BCUT2D eigenvalue weighted by molar-refractivity contribution is 0.343. The highest BCUT2D eigenvalue weighted by molar-refractivity contribution is 7.99. The molecule has 0 aliphatic heterocycles. The van der Waals surface area contributed by atoms with E-state index in [1.54, 1.807) is 28.0 Å². The number of nitrogens with zero attached hydrogens (tertiary/aromatic N) is 2. The number of benzene rings is 1. The van der Waals surface area contributed by atoms with E-state index < -0.39 is 10.0 Å². The molecule has 0 aliphatic carbocycles. The maximum atomic E-state index is 13.1. The molecule has 1 aromatic carbocycles. The van der Waals surface area contributed by atoms with E-state index in [4.69, 9.17) is 14.9 Å². The molecule has 0 amide bonds. The highest BCUT2D eigenvalue weighted by atomic mass is 32.2. The number of thiophene rings is 1. The number of rotatable bonds is 9.